The molecule has 0 saturated carbocycles. The molecule has 0 amide bonds. The Morgan fingerprint density at radius 2 is 2.23 bits per heavy atom. The van der Waals surface area contributed by atoms with E-state index in [2.05, 4.69) is 10.5 Å². The first-order valence-corrected chi connectivity index (χ1v) is 7.52. The number of piperidine rings is 1. The van der Waals surface area contributed by atoms with Gasteiger partial charge in [0, 0.05) is 19.4 Å². The molecule has 118 valence electrons. The zero-order chi connectivity index (χ0) is 15.6. The zero-order valence-electron chi connectivity index (χ0n) is 12.2. The number of rotatable bonds is 4. The number of hydrogen-bond donors (Lipinski definition) is 2. The molecule has 0 unspecified atom stereocenters. The summed E-state index contributed by atoms with van der Waals surface area (Å²) in [6, 6.07) is 6.09. The Balaban J connectivity index is 1.66. The molecule has 1 saturated heterocycles. The first-order chi connectivity index (χ1) is 10.6. The molecule has 1 fully saturated rings. The Labute approximate surface area is 128 Å². The fourth-order valence-electron chi connectivity index (χ4n) is 3.20. The van der Waals surface area contributed by atoms with Gasteiger partial charge in [0.1, 0.15) is 11.9 Å². The second kappa shape index (κ2) is 6.04. The number of benzene rings is 1. The van der Waals surface area contributed by atoms with Gasteiger partial charge in [-0.2, -0.15) is 0 Å². The summed E-state index contributed by atoms with van der Waals surface area (Å²) in [7, 11) is 0. The monoisotopic (exact) mass is 306 g/mol. The van der Waals surface area contributed by atoms with Crippen LogP contribution >= 0.6 is 0 Å². The van der Waals surface area contributed by atoms with Crippen LogP contribution in [0.3, 0.4) is 0 Å². The smallest absolute Gasteiger partial charge is 0.311 e. The van der Waals surface area contributed by atoms with Crippen molar-refractivity contribution in [2.75, 3.05) is 13.1 Å². The number of nitrogens with one attached hydrogen (secondary N) is 1. The van der Waals surface area contributed by atoms with Gasteiger partial charge in [0.2, 0.25) is 0 Å². The predicted octanol–water partition coefficient (Wildman–Crippen LogP) is 2.16. The van der Waals surface area contributed by atoms with Gasteiger partial charge in [-0.25, -0.2) is 4.39 Å². The number of hydrogen-bond acceptors (Lipinski definition) is 4. The molecule has 0 radical (unpaired) electrons. The lowest BCUT2D eigenvalue weighted by molar-refractivity contribution is -0.152. The quantitative estimate of drug-likeness (QED) is 0.894. The van der Waals surface area contributed by atoms with E-state index in [1.807, 2.05) is 0 Å². The largest absolute Gasteiger partial charge is 0.481 e. The van der Waals surface area contributed by atoms with Crippen molar-refractivity contribution in [3.05, 3.63) is 35.6 Å². The summed E-state index contributed by atoms with van der Waals surface area (Å²) in [5, 5.41) is 16.8. The second-order valence-electron chi connectivity index (χ2n) is 6.05. The maximum Gasteiger partial charge on any atom is 0.311 e. The van der Waals surface area contributed by atoms with E-state index >= 15 is 0 Å². The zero-order valence-corrected chi connectivity index (χ0v) is 12.2. The topological polar surface area (TPSA) is 70.9 Å². The molecule has 2 heterocycles. The third kappa shape index (κ3) is 2.97. The Morgan fingerprint density at radius 1 is 1.45 bits per heavy atom. The normalized spacial score (nSPS) is 28.0. The first-order valence-electron chi connectivity index (χ1n) is 7.52. The third-order valence-corrected chi connectivity index (χ3v) is 4.45. The molecule has 1 aromatic carbocycles. The van der Waals surface area contributed by atoms with Gasteiger partial charge in [0.25, 0.3) is 0 Å². The molecule has 6 heteroatoms. The third-order valence-electron chi connectivity index (χ3n) is 4.45. The van der Waals surface area contributed by atoms with Gasteiger partial charge in [-0.15, -0.1) is 0 Å². The molecule has 0 bridgehead atoms. The van der Waals surface area contributed by atoms with Crippen LogP contribution in [0.2, 0.25) is 0 Å². The highest BCUT2D eigenvalue weighted by atomic mass is 19.1. The van der Waals surface area contributed by atoms with E-state index in [1.54, 1.807) is 12.1 Å². The number of halogens is 1. The number of aliphatic carboxylic acids is 1. The fraction of sp³-hybridized carbons (Fsp3) is 0.500. The van der Waals surface area contributed by atoms with Crippen molar-refractivity contribution in [1.82, 2.24) is 5.32 Å². The van der Waals surface area contributed by atoms with Crippen molar-refractivity contribution in [1.29, 1.82) is 0 Å². The molecular weight excluding hydrogens is 287 g/mol. The summed E-state index contributed by atoms with van der Waals surface area (Å²) in [5.41, 5.74) is 0.779. The van der Waals surface area contributed by atoms with Crippen LogP contribution in [-0.2, 0) is 9.63 Å². The van der Waals surface area contributed by atoms with Crippen LogP contribution in [0.15, 0.2) is 29.4 Å². The molecule has 2 aliphatic rings. The minimum Gasteiger partial charge on any atom is -0.481 e. The maximum absolute atomic E-state index is 13.0. The van der Waals surface area contributed by atoms with Gasteiger partial charge in [-0.05, 0) is 37.1 Å². The van der Waals surface area contributed by atoms with Gasteiger partial charge >= 0.3 is 5.97 Å². The second-order valence-corrected chi connectivity index (χ2v) is 6.05. The highest BCUT2D eigenvalue weighted by Crippen LogP contribution is 2.35. The summed E-state index contributed by atoms with van der Waals surface area (Å²) >= 11 is 0. The number of carbonyl (C=O) groups is 1. The van der Waals surface area contributed by atoms with Crippen LogP contribution in [0.5, 0.6) is 0 Å². The minimum absolute atomic E-state index is 0.240. The number of carboxylic acids is 1. The molecule has 2 N–H and O–H groups in total. The number of carboxylic acid groups (broad SMARTS) is 1. The van der Waals surface area contributed by atoms with Crippen molar-refractivity contribution in [2.45, 2.75) is 31.8 Å². The van der Waals surface area contributed by atoms with Gasteiger partial charge < -0.3 is 15.3 Å². The standard InChI is InChI=1S/C16H19FN2O3/c17-12-4-2-11(3-5-12)14-8-13(22-19-14)9-16(15(20)21)6-1-7-18-10-16/h2-5,13,18H,1,6-10H2,(H,20,21)/t13-,16+/m1/s1. The van der Waals surface area contributed by atoms with Crippen molar-refractivity contribution in [3.63, 3.8) is 0 Å². The van der Waals surface area contributed by atoms with Crippen LogP contribution in [0.4, 0.5) is 4.39 Å². The van der Waals surface area contributed by atoms with E-state index in [0.29, 0.717) is 25.8 Å². The van der Waals surface area contributed by atoms with Crippen molar-refractivity contribution >= 4 is 11.7 Å². The molecule has 5 nitrogen and oxygen atoms in total. The predicted molar refractivity (Wildman–Crippen MR) is 79.2 cm³/mol. The van der Waals surface area contributed by atoms with Crippen molar-refractivity contribution in [2.24, 2.45) is 10.6 Å². The lowest BCUT2D eigenvalue weighted by atomic mass is 9.75. The summed E-state index contributed by atoms with van der Waals surface area (Å²) in [5.74, 6) is -1.07. The molecule has 22 heavy (non-hydrogen) atoms. The summed E-state index contributed by atoms with van der Waals surface area (Å²) in [4.78, 5) is 17.1. The van der Waals surface area contributed by atoms with Gasteiger partial charge in [-0.1, -0.05) is 17.3 Å². The molecule has 1 aromatic rings. The average Bonchev–Trinajstić information content (AvgIpc) is 2.97. The molecule has 3 rings (SSSR count). The lowest BCUT2D eigenvalue weighted by Crippen LogP contribution is -2.47. The lowest BCUT2D eigenvalue weighted by Gasteiger charge is -2.34. The van der Waals surface area contributed by atoms with Crippen LogP contribution in [0, 0.1) is 11.2 Å². The van der Waals surface area contributed by atoms with E-state index in [4.69, 9.17) is 4.84 Å². The Kier molecular flexibility index (Phi) is 4.11. The Morgan fingerprint density at radius 3 is 2.86 bits per heavy atom. The molecule has 2 aliphatic heterocycles. The molecule has 2 atom stereocenters. The number of nitrogens with zero attached hydrogens (tertiary/aromatic N) is 1. The van der Waals surface area contributed by atoms with E-state index in [9.17, 15) is 14.3 Å². The van der Waals surface area contributed by atoms with E-state index in [1.165, 1.54) is 12.1 Å². The highest BCUT2D eigenvalue weighted by Gasteiger charge is 2.43. The van der Waals surface area contributed by atoms with Gasteiger partial charge in [0.15, 0.2) is 0 Å². The van der Waals surface area contributed by atoms with Crippen LogP contribution in [-0.4, -0.2) is 36.0 Å². The van der Waals surface area contributed by atoms with Crippen molar-refractivity contribution < 1.29 is 19.1 Å². The SMILES string of the molecule is O=C(O)[C@]1(C[C@H]2CC(c3ccc(F)cc3)=NO2)CCCNC1. The van der Waals surface area contributed by atoms with Crippen molar-refractivity contribution in [3.8, 4) is 0 Å². The summed E-state index contributed by atoms with van der Waals surface area (Å²) in [6.07, 6.45) is 2.26. The molecule has 0 aliphatic carbocycles. The number of oxime groups is 1. The van der Waals surface area contributed by atoms with E-state index in [-0.39, 0.29) is 11.9 Å². The molecular formula is C16H19FN2O3. The summed E-state index contributed by atoms with van der Waals surface area (Å²) < 4.78 is 13.0. The van der Waals surface area contributed by atoms with Gasteiger partial charge in [0.05, 0.1) is 11.1 Å². The average molecular weight is 306 g/mol. The Hall–Kier alpha value is -1.95. The maximum atomic E-state index is 13.0. The Bertz CT molecular complexity index is 580. The van der Waals surface area contributed by atoms with E-state index in [0.717, 1.165) is 24.2 Å². The highest BCUT2D eigenvalue weighted by molar-refractivity contribution is 6.01. The van der Waals surface area contributed by atoms with Crippen LogP contribution in [0.25, 0.3) is 0 Å². The van der Waals surface area contributed by atoms with Crippen LogP contribution < -0.4 is 5.32 Å². The van der Waals surface area contributed by atoms with E-state index < -0.39 is 11.4 Å². The molecule has 0 aromatic heterocycles. The van der Waals surface area contributed by atoms with Gasteiger partial charge in [-0.3, -0.25) is 4.79 Å². The fourth-order valence-corrected chi connectivity index (χ4v) is 3.20. The summed E-state index contributed by atoms with van der Waals surface area (Å²) in [6.45, 7) is 1.33. The molecule has 0 spiro atoms. The first kappa shape index (κ1) is 15.0. The van der Waals surface area contributed by atoms with Crippen LogP contribution in [0.1, 0.15) is 31.2 Å². The minimum atomic E-state index is -0.781.